The average Bonchev–Trinajstić information content (AvgIpc) is 2.39. The van der Waals surface area contributed by atoms with Crippen LogP contribution in [0.3, 0.4) is 0 Å². The number of terminal acetylenes is 1. The molecule has 0 spiro atoms. The Labute approximate surface area is 95.0 Å². The summed E-state index contributed by atoms with van der Waals surface area (Å²) in [6.45, 7) is 9.24. The van der Waals surface area contributed by atoms with Gasteiger partial charge in [0.15, 0.2) is 0 Å². The largest absolute Gasteiger partial charge is 0.301 e. The summed E-state index contributed by atoms with van der Waals surface area (Å²) >= 11 is 0. The molecule has 0 aromatic heterocycles. The van der Waals surface area contributed by atoms with Crippen LogP contribution in [0.4, 0.5) is 0 Å². The van der Waals surface area contributed by atoms with Gasteiger partial charge in [-0.15, -0.1) is 6.42 Å². The van der Waals surface area contributed by atoms with E-state index in [1.165, 1.54) is 12.8 Å². The first kappa shape index (κ1) is 12.6. The quantitative estimate of drug-likeness (QED) is 0.698. The smallest absolute Gasteiger partial charge is 0.0689 e. The van der Waals surface area contributed by atoms with E-state index >= 15 is 0 Å². The maximum Gasteiger partial charge on any atom is 0.0689 e. The van der Waals surface area contributed by atoms with E-state index in [-0.39, 0.29) is 6.04 Å². The molecule has 1 saturated carbocycles. The van der Waals surface area contributed by atoms with Crippen molar-refractivity contribution in [2.75, 3.05) is 0 Å². The molecule has 0 amide bonds. The van der Waals surface area contributed by atoms with E-state index in [9.17, 15) is 0 Å². The first-order chi connectivity index (χ1) is 6.98. The molecule has 0 aromatic carbocycles. The van der Waals surface area contributed by atoms with Crippen molar-refractivity contribution in [3.05, 3.63) is 0 Å². The van der Waals surface area contributed by atoms with E-state index in [2.05, 4.69) is 38.9 Å². The summed E-state index contributed by atoms with van der Waals surface area (Å²) in [4.78, 5) is 0. The van der Waals surface area contributed by atoms with Gasteiger partial charge in [-0.1, -0.05) is 40.0 Å². The Balaban J connectivity index is 2.48. The van der Waals surface area contributed by atoms with Crippen LogP contribution in [-0.2, 0) is 0 Å². The molecule has 15 heavy (non-hydrogen) atoms. The molecular weight excluding hydrogens is 182 g/mol. The summed E-state index contributed by atoms with van der Waals surface area (Å²) < 4.78 is 0. The third-order valence-corrected chi connectivity index (χ3v) is 3.53. The van der Waals surface area contributed by atoms with Gasteiger partial charge in [0.1, 0.15) is 0 Å². The lowest BCUT2D eigenvalue weighted by atomic mass is 9.91. The Morgan fingerprint density at radius 1 is 1.47 bits per heavy atom. The van der Waals surface area contributed by atoms with Gasteiger partial charge in [-0.05, 0) is 30.6 Å². The number of rotatable bonds is 4. The summed E-state index contributed by atoms with van der Waals surface area (Å²) in [6, 6.07) is 0.893. The molecule has 1 rings (SSSR count). The molecule has 3 unspecified atom stereocenters. The predicted octanol–water partition coefficient (Wildman–Crippen LogP) is 3.20. The van der Waals surface area contributed by atoms with Gasteiger partial charge in [-0.3, -0.25) is 0 Å². The van der Waals surface area contributed by atoms with Crippen molar-refractivity contribution in [1.29, 1.82) is 0 Å². The number of hydrogen-bond acceptors (Lipinski definition) is 1. The van der Waals surface area contributed by atoms with E-state index in [4.69, 9.17) is 6.42 Å². The molecule has 0 aromatic rings. The van der Waals surface area contributed by atoms with Crippen molar-refractivity contribution in [3.63, 3.8) is 0 Å². The molecule has 1 heteroatoms. The zero-order valence-electron chi connectivity index (χ0n) is 10.6. The molecule has 1 aliphatic rings. The molecule has 0 heterocycles. The summed E-state index contributed by atoms with van der Waals surface area (Å²) in [5, 5.41) is 3.64. The highest BCUT2D eigenvalue weighted by atomic mass is 15.0. The SMILES string of the molecule is C#CC(CCC)NC1CC(C)(C)CC1C. The number of nitrogens with one attached hydrogen (secondary N) is 1. The lowest BCUT2D eigenvalue weighted by Crippen LogP contribution is -2.39. The maximum absolute atomic E-state index is 5.54. The monoisotopic (exact) mass is 207 g/mol. The molecule has 1 N–H and O–H groups in total. The highest BCUT2D eigenvalue weighted by molar-refractivity contribution is 5.02. The average molecular weight is 207 g/mol. The fraction of sp³-hybridized carbons (Fsp3) is 0.857. The molecular formula is C14H25N. The van der Waals surface area contributed by atoms with Crippen LogP contribution in [-0.4, -0.2) is 12.1 Å². The van der Waals surface area contributed by atoms with Crippen LogP contribution in [0.2, 0.25) is 0 Å². The topological polar surface area (TPSA) is 12.0 Å². The van der Waals surface area contributed by atoms with Gasteiger partial charge in [0, 0.05) is 6.04 Å². The van der Waals surface area contributed by atoms with Gasteiger partial charge in [-0.25, -0.2) is 0 Å². The van der Waals surface area contributed by atoms with Crippen LogP contribution in [0.25, 0.3) is 0 Å². The maximum atomic E-state index is 5.54. The lowest BCUT2D eigenvalue weighted by Gasteiger charge is -2.22. The number of hydrogen-bond donors (Lipinski definition) is 1. The molecule has 0 saturated heterocycles. The van der Waals surface area contributed by atoms with Crippen LogP contribution in [0, 0.1) is 23.7 Å². The van der Waals surface area contributed by atoms with Crippen molar-refractivity contribution in [3.8, 4) is 12.3 Å². The van der Waals surface area contributed by atoms with Crippen molar-refractivity contribution >= 4 is 0 Å². The van der Waals surface area contributed by atoms with Crippen molar-refractivity contribution in [2.24, 2.45) is 11.3 Å². The van der Waals surface area contributed by atoms with Gasteiger partial charge >= 0.3 is 0 Å². The van der Waals surface area contributed by atoms with Gasteiger partial charge in [0.05, 0.1) is 6.04 Å². The molecule has 0 aliphatic heterocycles. The standard InChI is InChI=1S/C14H25N/c1-6-8-12(7-2)15-13-10-14(4,5)9-11(13)3/h2,11-13,15H,6,8-10H2,1,3-5H3. The van der Waals surface area contributed by atoms with Crippen molar-refractivity contribution in [2.45, 2.75) is 65.5 Å². The summed E-state index contributed by atoms with van der Waals surface area (Å²) in [5.74, 6) is 3.62. The van der Waals surface area contributed by atoms with Gasteiger partial charge in [0.25, 0.3) is 0 Å². The zero-order valence-corrected chi connectivity index (χ0v) is 10.6. The predicted molar refractivity (Wildman–Crippen MR) is 66.6 cm³/mol. The minimum absolute atomic E-state index is 0.274. The zero-order chi connectivity index (χ0) is 11.5. The van der Waals surface area contributed by atoms with E-state index in [1.807, 2.05) is 0 Å². The van der Waals surface area contributed by atoms with E-state index < -0.39 is 0 Å². The third-order valence-electron chi connectivity index (χ3n) is 3.53. The van der Waals surface area contributed by atoms with Gasteiger partial charge in [-0.2, -0.15) is 0 Å². The molecule has 86 valence electrons. The summed E-state index contributed by atoms with van der Waals surface area (Å²) in [7, 11) is 0. The van der Waals surface area contributed by atoms with Crippen LogP contribution in [0.5, 0.6) is 0 Å². The van der Waals surface area contributed by atoms with Crippen LogP contribution >= 0.6 is 0 Å². The minimum atomic E-state index is 0.274. The fourth-order valence-corrected chi connectivity index (χ4v) is 2.88. The van der Waals surface area contributed by atoms with Gasteiger partial charge in [0.2, 0.25) is 0 Å². The summed E-state index contributed by atoms with van der Waals surface area (Å²) in [5.41, 5.74) is 0.489. The van der Waals surface area contributed by atoms with E-state index in [0.29, 0.717) is 11.5 Å². The van der Waals surface area contributed by atoms with Crippen LogP contribution in [0.15, 0.2) is 0 Å². The minimum Gasteiger partial charge on any atom is -0.301 e. The van der Waals surface area contributed by atoms with E-state index in [1.54, 1.807) is 0 Å². The Morgan fingerprint density at radius 3 is 2.53 bits per heavy atom. The Hall–Kier alpha value is -0.480. The Bertz CT molecular complexity index is 236. The lowest BCUT2D eigenvalue weighted by molar-refractivity contribution is 0.358. The highest BCUT2D eigenvalue weighted by Gasteiger charge is 2.36. The molecule has 0 bridgehead atoms. The second-order valence-electron chi connectivity index (χ2n) is 5.83. The molecule has 0 radical (unpaired) electrons. The second-order valence-corrected chi connectivity index (χ2v) is 5.83. The second kappa shape index (κ2) is 5.03. The third kappa shape index (κ3) is 3.54. The van der Waals surface area contributed by atoms with Crippen molar-refractivity contribution < 1.29 is 0 Å². The van der Waals surface area contributed by atoms with Gasteiger partial charge < -0.3 is 5.32 Å². The van der Waals surface area contributed by atoms with Crippen molar-refractivity contribution in [1.82, 2.24) is 5.32 Å². The Kier molecular flexibility index (Phi) is 4.22. The molecule has 1 aliphatic carbocycles. The van der Waals surface area contributed by atoms with E-state index in [0.717, 1.165) is 18.8 Å². The first-order valence-corrected chi connectivity index (χ1v) is 6.20. The highest BCUT2D eigenvalue weighted by Crippen LogP contribution is 2.41. The normalized spacial score (nSPS) is 31.1. The van der Waals surface area contributed by atoms with Crippen LogP contribution in [0.1, 0.15) is 53.4 Å². The summed E-state index contributed by atoms with van der Waals surface area (Å²) in [6.07, 6.45) is 10.4. The Morgan fingerprint density at radius 2 is 2.13 bits per heavy atom. The first-order valence-electron chi connectivity index (χ1n) is 6.20. The molecule has 3 atom stereocenters. The van der Waals surface area contributed by atoms with Crippen LogP contribution < -0.4 is 5.32 Å². The molecule has 1 fully saturated rings. The molecule has 1 nitrogen and oxygen atoms in total. The fourth-order valence-electron chi connectivity index (χ4n) is 2.88.